The van der Waals surface area contributed by atoms with Gasteiger partial charge in [0.2, 0.25) is 0 Å². The van der Waals surface area contributed by atoms with Crippen LogP contribution in [0.4, 0.5) is 0 Å². The van der Waals surface area contributed by atoms with Crippen LogP contribution in [0.2, 0.25) is 0 Å². The summed E-state index contributed by atoms with van der Waals surface area (Å²) in [7, 11) is 0. The van der Waals surface area contributed by atoms with Crippen molar-refractivity contribution in [2.45, 2.75) is 13.3 Å². The van der Waals surface area contributed by atoms with Crippen molar-refractivity contribution in [3.63, 3.8) is 0 Å². The van der Waals surface area contributed by atoms with Gasteiger partial charge in [0.15, 0.2) is 0 Å². The van der Waals surface area contributed by atoms with Crippen LogP contribution in [0.3, 0.4) is 0 Å². The van der Waals surface area contributed by atoms with Gasteiger partial charge in [-0.05, 0) is 19.1 Å². The van der Waals surface area contributed by atoms with Gasteiger partial charge in [-0.25, -0.2) is 4.79 Å². The SMILES string of the molecule is CCOC(=O)c1ccnc(CC#N)c1. The van der Waals surface area contributed by atoms with Crippen LogP contribution in [0.5, 0.6) is 0 Å². The number of esters is 1. The largest absolute Gasteiger partial charge is 0.462 e. The summed E-state index contributed by atoms with van der Waals surface area (Å²) in [5.74, 6) is -0.380. The van der Waals surface area contributed by atoms with Crippen molar-refractivity contribution in [3.8, 4) is 6.07 Å². The zero-order chi connectivity index (χ0) is 10.4. The van der Waals surface area contributed by atoms with Crippen LogP contribution < -0.4 is 0 Å². The van der Waals surface area contributed by atoms with E-state index in [2.05, 4.69) is 4.98 Å². The molecule has 0 bridgehead atoms. The van der Waals surface area contributed by atoms with Crippen molar-refractivity contribution in [1.82, 2.24) is 4.98 Å². The first-order valence-electron chi connectivity index (χ1n) is 4.27. The maximum Gasteiger partial charge on any atom is 0.338 e. The van der Waals surface area contributed by atoms with E-state index < -0.39 is 0 Å². The Morgan fingerprint density at radius 1 is 1.71 bits per heavy atom. The van der Waals surface area contributed by atoms with Crippen LogP contribution in [0.15, 0.2) is 18.3 Å². The first kappa shape index (κ1) is 10.2. The Balaban J connectivity index is 2.83. The average Bonchev–Trinajstić information content (AvgIpc) is 2.19. The first-order valence-corrected chi connectivity index (χ1v) is 4.27. The van der Waals surface area contributed by atoms with Crippen LogP contribution in [-0.4, -0.2) is 17.6 Å². The summed E-state index contributed by atoms with van der Waals surface area (Å²) in [5.41, 5.74) is 1.02. The molecule has 0 saturated carbocycles. The molecule has 1 heterocycles. The third-order valence-electron chi connectivity index (χ3n) is 1.59. The lowest BCUT2D eigenvalue weighted by Gasteiger charge is -2.01. The molecule has 0 fully saturated rings. The minimum absolute atomic E-state index is 0.202. The molecule has 0 aliphatic carbocycles. The molecule has 4 nitrogen and oxygen atoms in total. The number of carbonyl (C=O) groups is 1. The number of aromatic nitrogens is 1. The highest BCUT2D eigenvalue weighted by molar-refractivity contribution is 5.89. The molecular formula is C10H10N2O2. The van der Waals surface area contributed by atoms with Gasteiger partial charge in [-0.3, -0.25) is 4.98 Å². The predicted molar refractivity (Wildman–Crippen MR) is 49.5 cm³/mol. The summed E-state index contributed by atoms with van der Waals surface area (Å²) >= 11 is 0. The van der Waals surface area contributed by atoms with Crippen LogP contribution in [0.1, 0.15) is 23.0 Å². The number of nitrogens with zero attached hydrogens (tertiary/aromatic N) is 2. The minimum Gasteiger partial charge on any atom is -0.462 e. The lowest BCUT2D eigenvalue weighted by atomic mass is 10.2. The van der Waals surface area contributed by atoms with E-state index in [4.69, 9.17) is 10.00 Å². The molecule has 0 amide bonds. The van der Waals surface area contributed by atoms with Gasteiger partial charge in [-0.1, -0.05) is 0 Å². The first-order chi connectivity index (χ1) is 6.77. The third-order valence-corrected chi connectivity index (χ3v) is 1.59. The molecular weight excluding hydrogens is 180 g/mol. The average molecular weight is 190 g/mol. The fraction of sp³-hybridized carbons (Fsp3) is 0.300. The molecule has 1 aromatic rings. The number of pyridine rings is 1. The van der Waals surface area contributed by atoms with Crippen molar-refractivity contribution >= 4 is 5.97 Å². The Hall–Kier alpha value is -1.89. The Bertz CT molecular complexity index is 369. The van der Waals surface area contributed by atoms with Gasteiger partial charge in [0.1, 0.15) is 0 Å². The van der Waals surface area contributed by atoms with Gasteiger partial charge in [-0.15, -0.1) is 0 Å². The molecule has 1 aromatic heterocycles. The van der Waals surface area contributed by atoms with Crippen molar-refractivity contribution < 1.29 is 9.53 Å². The Kier molecular flexibility index (Phi) is 3.62. The van der Waals surface area contributed by atoms with Gasteiger partial charge in [-0.2, -0.15) is 5.26 Å². The Morgan fingerprint density at radius 3 is 3.14 bits per heavy atom. The number of rotatable bonds is 3. The fourth-order valence-electron chi connectivity index (χ4n) is 0.997. The normalized spacial score (nSPS) is 9.14. The van der Waals surface area contributed by atoms with Crippen molar-refractivity contribution in [3.05, 3.63) is 29.6 Å². The van der Waals surface area contributed by atoms with E-state index in [9.17, 15) is 4.79 Å². The summed E-state index contributed by atoms with van der Waals surface area (Å²) < 4.78 is 4.81. The summed E-state index contributed by atoms with van der Waals surface area (Å²) in [6.07, 6.45) is 1.70. The van der Waals surface area contributed by atoms with Crippen LogP contribution in [0, 0.1) is 11.3 Å². The monoisotopic (exact) mass is 190 g/mol. The second-order valence-electron chi connectivity index (χ2n) is 2.59. The summed E-state index contributed by atoms with van der Waals surface area (Å²) in [6.45, 7) is 2.09. The molecule has 0 atom stereocenters. The van der Waals surface area contributed by atoms with Gasteiger partial charge in [0.05, 0.1) is 30.4 Å². The lowest BCUT2D eigenvalue weighted by Crippen LogP contribution is -2.05. The van der Waals surface area contributed by atoms with Crippen molar-refractivity contribution in [1.29, 1.82) is 5.26 Å². The van der Waals surface area contributed by atoms with E-state index >= 15 is 0 Å². The summed E-state index contributed by atoms with van der Waals surface area (Å²) in [6, 6.07) is 5.11. The maximum atomic E-state index is 11.3. The predicted octanol–water partition coefficient (Wildman–Crippen LogP) is 1.32. The van der Waals surface area contributed by atoms with Gasteiger partial charge in [0.25, 0.3) is 0 Å². The highest BCUT2D eigenvalue weighted by atomic mass is 16.5. The standard InChI is InChI=1S/C10H10N2O2/c1-2-14-10(13)8-4-6-12-9(7-8)3-5-11/h4,6-7H,2-3H2,1H3. The van der Waals surface area contributed by atoms with E-state index in [0.29, 0.717) is 17.9 Å². The zero-order valence-electron chi connectivity index (χ0n) is 7.86. The number of nitriles is 1. The second-order valence-corrected chi connectivity index (χ2v) is 2.59. The van der Waals surface area contributed by atoms with Gasteiger partial charge < -0.3 is 4.74 Å². The fourth-order valence-corrected chi connectivity index (χ4v) is 0.997. The third kappa shape index (κ3) is 2.56. The van der Waals surface area contributed by atoms with Crippen molar-refractivity contribution in [2.75, 3.05) is 6.61 Å². The molecule has 72 valence electrons. The van der Waals surface area contributed by atoms with Crippen molar-refractivity contribution in [2.24, 2.45) is 0 Å². The molecule has 14 heavy (non-hydrogen) atoms. The molecule has 0 spiro atoms. The molecule has 1 rings (SSSR count). The quantitative estimate of drug-likeness (QED) is 0.674. The summed E-state index contributed by atoms with van der Waals surface area (Å²) in [5, 5.41) is 8.45. The topological polar surface area (TPSA) is 63.0 Å². The van der Waals surface area contributed by atoms with E-state index in [1.54, 1.807) is 19.1 Å². The number of hydrogen-bond acceptors (Lipinski definition) is 4. The Labute approximate surface area is 82.1 Å². The van der Waals surface area contributed by atoms with Gasteiger partial charge >= 0.3 is 5.97 Å². The molecule has 0 aliphatic rings. The summed E-state index contributed by atoms with van der Waals surface area (Å²) in [4.78, 5) is 15.2. The maximum absolute atomic E-state index is 11.3. The number of carbonyl (C=O) groups excluding carboxylic acids is 1. The molecule has 0 saturated heterocycles. The molecule has 0 unspecified atom stereocenters. The highest BCUT2D eigenvalue weighted by Gasteiger charge is 2.06. The highest BCUT2D eigenvalue weighted by Crippen LogP contribution is 2.04. The van der Waals surface area contributed by atoms with E-state index in [-0.39, 0.29) is 12.4 Å². The molecule has 0 N–H and O–H groups in total. The zero-order valence-corrected chi connectivity index (χ0v) is 7.86. The molecule has 0 radical (unpaired) electrons. The van der Waals surface area contributed by atoms with Crippen LogP contribution in [-0.2, 0) is 11.2 Å². The van der Waals surface area contributed by atoms with Crippen LogP contribution >= 0.6 is 0 Å². The smallest absolute Gasteiger partial charge is 0.338 e. The minimum atomic E-state index is -0.380. The molecule has 4 heteroatoms. The lowest BCUT2D eigenvalue weighted by molar-refractivity contribution is 0.0526. The van der Waals surface area contributed by atoms with E-state index in [0.717, 1.165) is 0 Å². The molecule has 0 aromatic carbocycles. The molecule has 0 aliphatic heterocycles. The second kappa shape index (κ2) is 4.97. The number of ether oxygens (including phenoxy) is 1. The van der Waals surface area contributed by atoms with E-state index in [1.165, 1.54) is 6.20 Å². The van der Waals surface area contributed by atoms with Crippen LogP contribution in [0.25, 0.3) is 0 Å². The van der Waals surface area contributed by atoms with E-state index in [1.807, 2.05) is 6.07 Å². The number of hydrogen-bond donors (Lipinski definition) is 0. The Morgan fingerprint density at radius 2 is 2.50 bits per heavy atom. The van der Waals surface area contributed by atoms with Gasteiger partial charge in [0, 0.05) is 6.20 Å².